The van der Waals surface area contributed by atoms with Crippen molar-refractivity contribution in [1.82, 2.24) is 10.2 Å². The number of carbonyl (C=O) groups is 2. The molecule has 2 amide bonds. The van der Waals surface area contributed by atoms with Gasteiger partial charge in [-0.1, -0.05) is 69.6 Å². The average Bonchev–Trinajstić information content (AvgIpc) is 2.50. The van der Waals surface area contributed by atoms with E-state index < -0.39 is 33.4 Å². The number of amides is 2. The Kier molecular flexibility index (Phi) is 6.45. The van der Waals surface area contributed by atoms with Gasteiger partial charge in [0.05, 0.1) is 22.7 Å². The highest BCUT2D eigenvalue weighted by atomic mass is 28.4. The van der Waals surface area contributed by atoms with Crippen LogP contribution in [0.1, 0.15) is 26.3 Å². The summed E-state index contributed by atoms with van der Waals surface area (Å²) >= 11 is 0. The molecule has 1 aliphatic heterocycles. The van der Waals surface area contributed by atoms with Gasteiger partial charge in [-0.2, -0.15) is 0 Å². The number of hydrogen-bond donors (Lipinski definition) is 1. The largest absolute Gasteiger partial charge is 0.444 e. The van der Waals surface area contributed by atoms with E-state index in [2.05, 4.69) is 49.5 Å². The van der Waals surface area contributed by atoms with E-state index in [0.717, 1.165) is 5.56 Å². The second-order valence-corrected chi connectivity index (χ2v) is 22.6. The fourth-order valence-corrected chi connectivity index (χ4v) is 17.4. The average molecular weight is 435 g/mol. The molecule has 29 heavy (non-hydrogen) atoms. The molecule has 1 saturated heterocycles. The minimum absolute atomic E-state index is 0.0297. The Balaban J connectivity index is 2.33. The van der Waals surface area contributed by atoms with Crippen molar-refractivity contribution < 1.29 is 14.3 Å². The molecule has 1 aliphatic rings. The third-order valence-electron chi connectivity index (χ3n) is 5.15. The number of rotatable bonds is 6. The summed E-state index contributed by atoms with van der Waals surface area (Å²) in [5.74, 6) is 0.0297. The number of β-lactam (4-membered cyclic amide) rings is 1. The Morgan fingerprint density at radius 2 is 1.62 bits per heavy atom. The molecule has 1 N–H and O–H groups in total. The smallest absolute Gasteiger partial charge is 0.408 e. The molecule has 0 saturated carbocycles. The first kappa shape index (κ1) is 23.7. The fourth-order valence-electron chi connectivity index (χ4n) is 4.77. The summed E-state index contributed by atoms with van der Waals surface area (Å²) in [6.45, 7) is 20.0. The van der Waals surface area contributed by atoms with Crippen molar-refractivity contribution in [3.8, 4) is 0 Å². The zero-order valence-corrected chi connectivity index (χ0v) is 21.6. The van der Waals surface area contributed by atoms with Gasteiger partial charge in [-0.15, -0.1) is 0 Å². The van der Waals surface area contributed by atoms with Crippen LogP contribution in [0.25, 0.3) is 0 Å². The molecule has 1 fully saturated rings. The van der Waals surface area contributed by atoms with Gasteiger partial charge in [0.15, 0.2) is 0 Å². The van der Waals surface area contributed by atoms with Crippen LogP contribution < -0.4 is 5.32 Å². The molecule has 0 aromatic heterocycles. The van der Waals surface area contributed by atoms with Crippen LogP contribution in [0.4, 0.5) is 4.79 Å². The number of carbonyl (C=O) groups excluding carboxylic acids is 2. The summed E-state index contributed by atoms with van der Waals surface area (Å²) in [6, 6.07) is 9.89. The van der Waals surface area contributed by atoms with Crippen LogP contribution in [-0.2, 0) is 16.0 Å². The van der Waals surface area contributed by atoms with Crippen LogP contribution in [-0.4, -0.2) is 56.0 Å². The molecular weight excluding hydrogens is 396 g/mol. The summed E-state index contributed by atoms with van der Waals surface area (Å²) in [5.41, 5.74) is -0.501. The normalized spacial score (nSPS) is 20.5. The van der Waals surface area contributed by atoms with Crippen molar-refractivity contribution in [1.29, 1.82) is 0 Å². The maximum Gasteiger partial charge on any atom is 0.408 e. The molecule has 162 valence electrons. The number of nitrogens with zero attached hydrogens (tertiary/aromatic N) is 1. The van der Waals surface area contributed by atoms with Gasteiger partial charge in [0.1, 0.15) is 11.1 Å². The van der Waals surface area contributed by atoms with Gasteiger partial charge in [0.25, 0.3) is 0 Å². The molecule has 7 heteroatoms. The van der Waals surface area contributed by atoms with Crippen LogP contribution in [0.5, 0.6) is 0 Å². The minimum atomic E-state index is -1.61. The van der Waals surface area contributed by atoms with E-state index in [4.69, 9.17) is 4.74 Å². The number of nitrogens with one attached hydrogen (secondary N) is 1. The Morgan fingerprint density at radius 1 is 1.10 bits per heavy atom. The van der Waals surface area contributed by atoms with Gasteiger partial charge in [0, 0.05) is 11.7 Å². The number of alkyl carbamates (subject to hydrolysis) is 1. The standard InChI is InChI=1S/C22H38N2O3Si2/c1-21(2,3)27-19(26)23-22(15-17-13-11-10-12-14-17)16-24(18(22)25)20(28(4,5)6)29(7,8)9/h10-14,20H,15-16H2,1-9H3,(H,23,26)/t22-/m1/s1. The topological polar surface area (TPSA) is 58.6 Å². The second kappa shape index (κ2) is 7.91. The maximum absolute atomic E-state index is 13.6. The van der Waals surface area contributed by atoms with Crippen LogP contribution in [0.2, 0.25) is 39.3 Å². The van der Waals surface area contributed by atoms with Crippen molar-refractivity contribution in [2.75, 3.05) is 6.54 Å². The SMILES string of the molecule is CC(C)(C)OC(=O)N[C@]1(Cc2ccccc2)CN(C([Si](C)(C)C)[Si](C)(C)C)C1=O. The Bertz CT molecular complexity index is 734. The predicted octanol–water partition coefficient (Wildman–Crippen LogP) is 4.46. The van der Waals surface area contributed by atoms with Gasteiger partial charge >= 0.3 is 6.09 Å². The predicted molar refractivity (Wildman–Crippen MR) is 124 cm³/mol. The number of likely N-dealkylation sites (tertiary alicyclic amines) is 1. The molecule has 0 radical (unpaired) electrons. The lowest BCUT2D eigenvalue weighted by Crippen LogP contribution is -2.81. The summed E-state index contributed by atoms with van der Waals surface area (Å²) in [6.07, 6.45) is -0.0500. The van der Waals surface area contributed by atoms with E-state index in [-0.39, 0.29) is 5.91 Å². The first-order valence-electron chi connectivity index (χ1n) is 10.4. The van der Waals surface area contributed by atoms with Crippen LogP contribution >= 0.6 is 0 Å². The van der Waals surface area contributed by atoms with Crippen molar-refractivity contribution in [2.45, 2.75) is 82.9 Å². The lowest BCUT2D eigenvalue weighted by atomic mass is 9.82. The zero-order valence-electron chi connectivity index (χ0n) is 19.6. The van der Waals surface area contributed by atoms with E-state index in [1.165, 1.54) is 0 Å². The van der Waals surface area contributed by atoms with Gasteiger partial charge in [0.2, 0.25) is 5.91 Å². The third-order valence-corrected chi connectivity index (χ3v) is 14.3. The summed E-state index contributed by atoms with van der Waals surface area (Å²) < 4.78 is 5.48. The monoisotopic (exact) mass is 434 g/mol. The number of benzene rings is 1. The molecule has 0 unspecified atom stereocenters. The molecule has 5 nitrogen and oxygen atoms in total. The van der Waals surface area contributed by atoms with E-state index in [1.807, 2.05) is 51.1 Å². The summed E-state index contributed by atoms with van der Waals surface area (Å²) in [5, 5.41) is 3.28. The lowest BCUT2D eigenvalue weighted by molar-refractivity contribution is -0.153. The van der Waals surface area contributed by atoms with Crippen LogP contribution in [0, 0.1) is 0 Å². The Morgan fingerprint density at radius 3 is 2.03 bits per heavy atom. The quantitative estimate of drug-likeness (QED) is 0.531. The zero-order chi connectivity index (χ0) is 22.3. The molecule has 0 spiro atoms. The third kappa shape index (κ3) is 5.72. The van der Waals surface area contributed by atoms with Crippen molar-refractivity contribution >= 4 is 28.1 Å². The fraction of sp³-hybridized carbons (Fsp3) is 0.636. The Labute approximate surface area is 178 Å². The van der Waals surface area contributed by atoms with E-state index in [0.29, 0.717) is 18.3 Å². The maximum atomic E-state index is 13.6. The number of hydrogen-bond acceptors (Lipinski definition) is 3. The van der Waals surface area contributed by atoms with Gasteiger partial charge < -0.3 is 15.0 Å². The molecule has 1 aromatic rings. The summed E-state index contributed by atoms with van der Waals surface area (Å²) in [7, 11) is -3.21. The first-order chi connectivity index (χ1) is 13.1. The van der Waals surface area contributed by atoms with E-state index in [9.17, 15) is 9.59 Å². The lowest BCUT2D eigenvalue weighted by Gasteiger charge is -2.57. The highest BCUT2D eigenvalue weighted by Crippen LogP contribution is 2.36. The molecule has 0 bridgehead atoms. The van der Waals surface area contributed by atoms with Crippen molar-refractivity contribution in [2.24, 2.45) is 0 Å². The second-order valence-electron chi connectivity index (χ2n) is 11.4. The van der Waals surface area contributed by atoms with Crippen LogP contribution in [0.15, 0.2) is 30.3 Å². The van der Waals surface area contributed by atoms with Gasteiger partial charge in [-0.3, -0.25) is 4.79 Å². The van der Waals surface area contributed by atoms with E-state index in [1.54, 1.807) is 0 Å². The summed E-state index contributed by atoms with van der Waals surface area (Å²) in [4.78, 5) is 28.3. The van der Waals surface area contributed by atoms with Gasteiger partial charge in [-0.25, -0.2) is 4.79 Å². The first-order valence-corrected chi connectivity index (χ1v) is 17.6. The van der Waals surface area contributed by atoms with Crippen molar-refractivity contribution in [3.05, 3.63) is 35.9 Å². The van der Waals surface area contributed by atoms with Crippen LogP contribution in [0.3, 0.4) is 0 Å². The molecule has 1 heterocycles. The molecule has 2 rings (SSSR count). The number of ether oxygens (including phenoxy) is 1. The highest BCUT2D eigenvalue weighted by Gasteiger charge is 2.59. The Hall–Kier alpha value is -1.61. The molecule has 1 atom stereocenters. The molecule has 0 aliphatic carbocycles. The molecule has 1 aromatic carbocycles. The molecular formula is C22H38N2O3Si2. The van der Waals surface area contributed by atoms with Gasteiger partial charge in [-0.05, 0) is 26.3 Å². The highest BCUT2D eigenvalue weighted by molar-refractivity contribution is 6.96. The van der Waals surface area contributed by atoms with E-state index >= 15 is 0 Å². The minimum Gasteiger partial charge on any atom is -0.444 e. The van der Waals surface area contributed by atoms with Crippen molar-refractivity contribution in [3.63, 3.8) is 0 Å².